The zero-order chi connectivity index (χ0) is 17.2. The summed E-state index contributed by atoms with van der Waals surface area (Å²) >= 11 is 0. The fraction of sp³-hybridized carbons (Fsp3) is 0.632. The van der Waals surface area contributed by atoms with Gasteiger partial charge >= 0.3 is 0 Å². The Morgan fingerprint density at radius 1 is 1.21 bits per heavy atom. The Balaban J connectivity index is 1.76. The molecular formula is C19H32N4O. The SMILES string of the molecule is CCNC(=NCCN1CCOCC1)NCCc1ccc(C)cc1C. The molecule has 1 saturated heterocycles. The molecule has 0 amide bonds. The second kappa shape index (κ2) is 10.3. The van der Waals surface area contributed by atoms with E-state index in [0.717, 1.165) is 64.9 Å². The molecule has 1 aromatic rings. The van der Waals surface area contributed by atoms with Crippen LogP contribution in [0.3, 0.4) is 0 Å². The minimum Gasteiger partial charge on any atom is -0.379 e. The number of guanidine groups is 1. The highest BCUT2D eigenvalue weighted by Crippen LogP contribution is 2.10. The molecule has 5 nitrogen and oxygen atoms in total. The lowest BCUT2D eigenvalue weighted by molar-refractivity contribution is 0.0394. The zero-order valence-corrected chi connectivity index (χ0v) is 15.4. The molecule has 2 N–H and O–H groups in total. The number of hydrogen-bond donors (Lipinski definition) is 2. The first-order valence-electron chi connectivity index (χ1n) is 9.07. The average Bonchev–Trinajstić information content (AvgIpc) is 2.58. The molecule has 2 rings (SSSR count). The van der Waals surface area contributed by atoms with Crippen LogP contribution in [0.2, 0.25) is 0 Å². The Bertz CT molecular complexity index is 524. The van der Waals surface area contributed by atoms with Crippen LogP contribution in [-0.2, 0) is 11.2 Å². The van der Waals surface area contributed by atoms with Gasteiger partial charge in [-0.05, 0) is 38.3 Å². The summed E-state index contributed by atoms with van der Waals surface area (Å²) in [5.41, 5.74) is 4.09. The van der Waals surface area contributed by atoms with Crippen LogP contribution in [0.5, 0.6) is 0 Å². The second-order valence-electron chi connectivity index (χ2n) is 6.32. The first-order chi connectivity index (χ1) is 11.7. The van der Waals surface area contributed by atoms with Crippen LogP contribution < -0.4 is 10.6 Å². The summed E-state index contributed by atoms with van der Waals surface area (Å²) in [5, 5.41) is 6.77. The summed E-state index contributed by atoms with van der Waals surface area (Å²) in [7, 11) is 0. The average molecular weight is 332 g/mol. The standard InChI is InChI=1S/C19H32N4O/c1-4-20-19(22-9-10-23-11-13-24-14-12-23)21-8-7-18-6-5-16(2)15-17(18)3/h5-6,15H,4,7-14H2,1-3H3,(H2,20,21,22). The highest BCUT2D eigenvalue weighted by atomic mass is 16.5. The van der Waals surface area contributed by atoms with Gasteiger partial charge in [-0.2, -0.15) is 0 Å². The van der Waals surface area contributed by atoms with Crippen molar-refractivity contribution in [3.05, 3.63) is 34.9 Å². The van der Waals surface area contributed by atoms with Crippen LogP contribution in [0.4, 0.5) is 0 Å². The summed E-state index contributed by atoms with van der Waals surface area (Å²) in [6.07, 6.45) is 1.01. The van der Waals surface area contributed by atoms with E-state index in [1.807, 2.05) is 0 Å². The third kappa shape index (κ3) is 6.49. The van der Waals surface area contributed by atoms with E-state index in [1.165, 1.54) is 16.7 Å². The number of nitrogens with one attached hydrogen (secondary N) is 2. The minimum atomic E-state index is 0.818. The lowest BCUT2D eigenvalue weighted by Gasteiger charge is -2.25. The number of nitrogens with zero attached hydrogens (tertiary/aromatic N) is 2. The highest BCUT2D eigenvalue weighted by molar-refractivity contribution is 5.79. The molecule has 1 aliphatic rings. The van der Waals surface area contributed by atoms with Crippen molar-refractivity contribution in [2.75, 3.05) is 52.5 Å². The number of aliphatic imine (C=N–C) groups is 1. The van der Waals surface area contributed by atoms with Gasteiger partial charge in [0.1, 0.15) is 0 Å². The molecule has 0 bridgehead atoms. The van der Waals surface area contributed by atoms with E-state index in [2.05, 4.69) is 59.5 Å². The third-order valence-corrected chi connectivity index (χ3v) is 4.32. The molecular weight excluding hydrogens is 300 g/mol. The van der Waals surface area contributed by atoms with E-state index in [4.69, 9.17) is 4.74 Å². The molecule has 0 aromatic heterocycles. The van der Waals surface area contributed by atoms with Gasteiger partial charge in [-0.3, -0.25) is 9.89 Å². The summed E-state index contributed by atoms with van der Waals surface area (Å²) in [4.78, 5) is 7.10. The van der Waals surface area contributed by atoms with Crippen molar-refractivity contribution in [1.82, 2.24) is 15.5 Å². The molecule has 0 aliphatic carbocycles. The molecule has 0 radical (unpaired) electrons. The molecule has 0 saturated carbocycles. The smallest absolute Gasteiger partial charge is 0.191 e. The summed E-state index contributed by atoms with van der Waals surface area (Å²) < 4.78 is 5.38. The fourth-order valence-electron chi connectivity index (χ4n) is 2.91. The molecule has 134 valence electrons. The number of morpholine rings is 1. The molecule has 0 spiro atoms. The van der Waals surface area contributed by atoms with E-state index in [9.17, 15) is 0 Å². The second-order valence-corrected chi connectivity index (χ2v) is 6.32. The van der Waals surface area contributed by atoms with Gasteiger partial charge in [0.15, 0.2) is 5.96 Å². The van der Waals surface area contributed by atoms with E-state index < -0.39 is 0 Å². The van der Waals surface area contributed by atoms with Gasteiger partial charge in [-0.15, -0.1) is 0 Å². The number of aryl methyl sites for hydroxylation is 2. The molecule has 0 atom stereocenters. The largest absolute Gasteiger partial charge is 0.379 e. The maximum absolute atomic E-state index is 5.38. The van der Waals surface area contributed by atoms with Gasteiger partial charge < -0.3 is 15.4 Å². The topological polar surface area (TPSA) is 48.9 Å². The first kappa shape index (κ1) is 18.7. The number of benzene rings is 1. The molecule has 0 unspecified atom stereocenters. The third-order valence-electron chi connectivity index (χ3n) is 4.32. The van der Waals surface area contributed by atoms with Crippen molar-refractivity contribution < 1.29 is 4.74 Å². The van der Waals surface area contributed by atoms with Crippen LogP contribution in [0.1, 0.15) is 23.6 Å². The van der Waals surface area contributed by atoms with Gasteiger partial charge in [0.05, 0.1) is 19.8 Å². The van der Waals surface area contributed by atoms with E-state index in [-0.39, 0.29) is 0 Å². The van der Waals surface area contributed by atoms with Crippen molar-refractivity contribution in [2.24, 2.45) is 4.99 Å². The number of rotatable bonds is 7. The molecule has 1 aromatic carbocycles. The Labute approximate surface area is 146 Å². The number of hydrogen-bond acceptors (Lipinski definition) is 3. The van der Waals surface area contributed by atoms with Crippen molar-refractivity contribution >= 4 is 5.96 Å². The van der Waals surface area contributed by atoms with E-state index in [0.29, 0.717) is 0 Å². The molecule has 1 heterocycles. The monoisotopic (exact) mass is 332 g/mol. The first-order valence-corrected chi connectivity index (χ1v) is 9.07. The predicted molar refractivity (Wildman–Crippen MR) is 101 cm³/mol. The molecule has 5 heteroatoms. The molecule has 1 fully saturated rings. The highest BCUT2D eigenvalue weighted by Gasteiger charge is 2.09. The molecule has 24 heavy (non-hydrogen) atoms. The lowest BCUT2D eigenvalue weighted by Crippen LogP contribution is -2.40. The van der Waals surface area contributed by atoms with Gasteiger partial charge in [0.2, 0.25) is 0 Å². The Morgan fingerprint density at radius 2 is 2.00 bits per heavy atom. The normalized spacial score (nSPS) is 16.2. The summed E-state index contributed by atoms with van der Waals surface area (Å²) in [5.74, 6) is 0.913. The van der Waals surface area contributed by atoms with Gasteiger partial charge in [-0.1, -0.05) is 23.8 Å². The van der Waals surface area contributed by atoms with Gasteiger partial charge in [-0.25, -0.2) is 0 Å². The van der Waals surface area contributed by atoms with Crippen LogP contribution in [-0.4, -0.2) is 63.3 Å². The summed E-state index contributed by atoms with van der Waals surface area (Å²) in [6, 6.07) is 6.66. The van der Waals surface area contributed by atoms with E-state index in [1.54, 1.807) is 0 Å². The molecule has 1 aliphatic heterocycles. The Kier molecular flexibility index (Phi) is 8.05. The van der Waals surface area contributed by atoms with Crippen molar-refractivity contribution in [3.8, 4) is 0 Å². The van der Waals surface area contributed by atoms with Crippen molar-refractivity contribution in [3.63, 3.8) is 0 Å². The van der Waals surface area contributed by atoms with Crippen LogP contribution in [0, 0.1) is 13.8 Å². The van der Waals surface area contributed by atoms with Crippen molar-refractivity contribution in [1.29, 1.82) is 0 Å². The summed E-state index contributed by atoms with van der Waals surface area (Å²) in [6.45, 7) is 13.7. The Hall–Kier alpha value is -1.59. The van der Waals surface area contributed by atoms with Crippen molar-refractivity contribution in [2.45, 2.75) is 27.2 Å². The lowest BCUT2D eigenvalue weighted by atomic mass is 10.0. The predicted octanol–water partition coefficient (Wildman–Crippen LogP) is 1.73. The maximum Gasteiger partial charge on any atom is 0.191 e. The van der Waals surface area contributed by atoms with Crippen LogP contribution >= 0.6 is 0 Å². The Morgan fingerprint density at radius 3 is 2.71 bits per heavy atom. The van der Waals surface area contributed by atoms with Crippen LogP contribution in [0.25, 0.3) is 0 Å². The quantitative estimate of drug-likeness (QED) is 0.590. The minimum absolute atomic E-state index is 0.818. The number of ether oxygens (including phenoxy) is 1. The van der Waals surface area contributed by atoms with Gasteiger partial charge in [0, 0.05) is 32.7 Å². The van der Waals surface area contributed by atoms with Crippen LogP contribution in [0.15, 0.2) is 23.2 Å². The fourth-order valence-corrected chi connectivity index (χ4v) is 2.91. The zero-order valence-electron chi connectivity index (χ0n) is 15.4. The van der Waals surface area contributed by atoms with E-state index >= 15 is 0 Å². The maximum atomic E-state index is 5.38. The van der Waals surface area contributed by atoms with Gasteiger partial charge in [0.25, 0.3) is 0 Å².